The van der Waals surface area contributed by atoms with Crippen molar-refractivity contribution in [1.82, 2.24) is 19.4 Å². The average Bonchev–Trinajstić information content (AvgIpc) is 3.27. The number of carbonyl (C=O) groups is 2. The SMILES string of the molecule is COCCCn1c(NC(=O)c2cccc(C#N)c2)nc2cc(C(=O)N3CCC(CCOC)CC3)cnc21. The van der Waals surface area contributed by atoms with Crippen LogP contribution in [0.25, 0.3) is 11.2 Å². The summed E-state index contributed by atoms with van der Waals surface area (Å²) in [6.45, 7) is 3.22. The van der Waals surface area contributed by atoms with Crippen molar-refractivity contribution < 1.29 is 19.1 Å². The Hall–Kier alpha value is -3.81. The zero-order valence-corrected chi connectivity index (χ0v) is 21.3. The Kier molecular flexibility index (Phi) is 8.82. The topological polar surface area (TPSA) is 122 Å². The lowest BCUT2D eigenvalue weighted by Crippen LogP contribution is -2.38. The highest BCUT2D eigenvalue weighted by molar-refractivity contribution is 6.04. The van der Waals surface area contributed by atoms with Gasteiger partial charge in [-0.2, -0.15) is 5.26 Å². The summed E-state index contributed by atoms with van der Waals surface area (Å²) >= 11 is 0. The fourth-order valence-corrected chi connectivity index (χ4v) is 4.60. The summed E-state index contributed by atoms with van der Waals surface area (Å²) in [7, 11) is 3.34. The Labute approximate surface area is 216 Å². The van der Waals surface area contributed by atoms with E-state index in [1.54, 1.807) is 44.7 Å². The third-order valence-electron chi connectivity index (χ3n) is 6.67. The summed E-state index contributed by atoms with van der Waals surface area (Å²) in [4.78, 5) is 37.2. The molecule has 0 atom stereocenters. The summed E-state index contributed by atoms with van der Waals surface area (Å²) < 4.78 is 12.2. The zero-order valence-electron chi connectivity index (χ0n) is 21.3. The maximum absolute atomic E-state index is 13.2. The summed E-state index contributed by atoms with van der Waals surface area (Å²) in [6, 6.07) is 10.2. The quantitative estimate of drug-likeness (QED) is 0.419. The number of pyridine rings is 1. The molecule has 1 aliphatic heterocycles. The highest BCUT2D eigenvalue weighted by Gasteiger charge is 2.25. The second kappa shape index (κ2) is 12.4. The Bertz CT molecular complexity index is 1290. The number of carbonyl (C=O) groups excluding carboxylic acids is 2. The molecule has 1 aliphatic rings. The number of likely N-dealkylation sites (tertiary alicyclic amines) is 1. The molecule has 1 aromatic carbocycles. The van der Waals surface area contributed by atoms with Crippen LogP contribution >= 0.6 is 0 Å². The first-order valence-corrected chi connectivity index (χ1v) is 12.5. The van der Waals surface area contributed by atoms with E-state index in [1.165, 1.54) is 6.07 Å². The van der Waals surface area contributed by atoms with E-state index in [0.717, 1.165) is 25.9 Å². The van der Waals surface area contributed by atoms with Crippen LogP contribution in [0.15, 0.2) is 36.5 Å². The number of anilines is 1. The normalized spacial score (nSPS) is 14.0. The first kappa shape index (κ1) is 26.3. The molecule has 1 saturated heterocycles. The van der Waals surface area contributed by atoms with E-state index in [1.807, 2.05) is 15.5 Å². The number of benzene rings is 1. The van der Waals surface area contributed by atoms with E-state index in [-0.39, 0.29) is 11.8 Å². The maximum Gasteiger partial charge on any atom is 0.258 e. The standard InChI is InChI=1S/C27H32N6O4/c1-36-13-4-10-33-24-23(30-27(33)31-25(34)21-6-3-5-20(15-21)17-28)16-22(18-29-24)26(35)32-11-7-19(8-12-32)9-14-37-2/h3,5-6,15-16,18-19H,4,7-14H2,1-2H3,(H,30,31,34). The van der Waals surface area contributed by atoms with Crippen molar-refractivity contribution in [2.24, 2.45) is 5.92 Å². The zero-order chi connectivity index (χ0) is 26.2. The molecule has 1 N–H and O–H groups in total. The monoisotopic (exact) mass is 504 g/mol. The molecular weight excluding hydrogens is 472 g/mol. The lowest BCUT2D eigenvalue weighted by atomic mass is 9.93. The van der Waals surface area contributed by atoms with Gasteiger partial charge in [-0.3, -0.25) is 19.5 Å². The van der Waals surface area contributed by atoms with Gasteiger partial charge < -0.3 is 14.4 Å². The Morgan fingerprint density at radius 1 is 1.14 bits per heavy atom. The molecule has 0 saturated carbocycles. The molecule has 3 aromatic rings. The number of hydrogen-bond donors (Lipinski definition) is 1. The lowest BCUT2D eigenvalue weighted by molar-refractivity contribution is 0.0669. The molecule has 2 aromatic heterocycles. The van der Waals surface area contributed by atoms with Crippen LogP contribution in [0, 0.1) is 17.2 Å². The molecule has 194 valence electrons. The van der Waals surface area contributed by atoms with Gasteiger partial charge in [-0.25, -0.2) is 9.97 Å². The van der Waals surface area contributed by atoms with Crippen molar-refractivity contribution in [1.29, 1.82) is 5.26 Å². The van der Waals surface area contributed by atoms with E-state index in [0.29, 0.717) is 72.4 Å². The van der Waals surface area contributed by atoms with Crippen LogP contribution in [-0.4, -0.2) is 71.8 Å². The third kappa shape index (κ3) is 6.31. The van der Waals surface area contributed by atoms with Gasteiger partial charge in [0, 0.05) is 58.8 Å². The van der Waals surface area contributed by atoms with Gasteiger partial charge >= 0.3 is 0 Å². The number of imidazole rings is 1. The maximum atomic E-state index is 13.2. The minimum absolute atomic E-state index is 0.0626. The van der Waals surface area contributed by atoms with Crippen LogP contribution in [0.3, 0.4) is 0 Å². The largest absolute Gasteiger partial charge is 0.385 e. The molecule has 3 heterocycles. The van der Waals surface area contributed by atoms with Gasteiger partial charge in [0.1, 0.15) is 5.52 Å². The molecule has 2 amide bonds. The van der Waals surface area contributed by atoms with Gasteiger partial charge in [0.2, 0.25) is 5.95 Å². The molecule has 1 fully saturated rings. The van der Waals surface area contributed by atoms with E-state index in [4.69, 9.17) is 14.7 Å². The number of piperidine rings is 1. The highest BCUT2D eigenvalue weighted by Crippen LogP contribution is 2.24. The summed E-state index contributed by atoms with van der Waals surface area (Å²) in [5.74, 6) is 0.461. The fourth-order valence-electron chi connectivity index (χ4n) is 4.60. The predicted molar refractivity (Wildman–Crippen MR) is 138 cm³/mol. The van der Waals surface area contributed by atoms with Crippen molar-refractivity contribution >= 4 is 28.9 Å². The number of amides is 2. The summed E-state index contributed by atoms with van der Waals surface area (Å²) in [5, 5.41) is 12.0. The number of aryl methyl sites for hydroxylation is 1. The van der Waals surface area contributed by atoms with Crippen LogP contribution in [-0.2, 0) is 16.0 Å². The Balaban J connectivity index is 1.55. The first-order chi connectivity index (χ1) is 18.0. The second-order valence-electron chi connectivity index (χ2n) is 9.16. The van der Waals surface area contributed by atoms with Gasteiger partial charge in [0.15, 0.2) is 5.65 Å². The smallest absolute Gasteiger partial charge is 0.258 e. The Morgan fingerprint density at radius 2 is 1.92 bits per heavy atom. The molecule has 4 rings (SSSR count). The molecule has 0 bridgehead atoms. The van der Waals surface area contributed by atoms with E-state index in [2.05, 4.69) is 15.3 Å². The predicted octanol–water partition coefficient (Wildman–Crippen LogP) is 3.48. The van der Waals surface area contributed by atoms with E-state index in [9.17, 15) is 9.59 Å². The van der Waals surface area contributed by atoms with Crippen molar-refractivity contribution in [3.63, 3.8) is 0 Å². The van der Waals surface area contributed by atoms with Crippen LogP contribution in [0.2, 0.25) is 0 Å². The van der Waals surface area contributed by atoms with Crippen molar-refractivity contribution in [3.8, 4) is 6.07 Å². The van der Waals surface area contributed by atoms with E-state index < -0.39 is 0 Å². The number of fused-ring (bicyclic) bond motifs is 1. The van der Waals surface area contributed by atoms with Crippen molar-refractivity contribution in [2.75, 3.05) is 45.8 Å². The molecule has 10 heteroatoms. The van der Waals surface area contributed by atoms with Crippen molar-refractivity contribution in [2.45, 2.75) is 32.2 Å². The molecule has 10 nitrogen and oxygen atoms in total. The van der Waals surface area contributed by atoms with Crippen LogP contribution in [0.1, 0.15) is 52.0 Å². The minimum atomic E-state index is -0.381. The molecule has 0 unspecified atom stereocenters. The van der Waals surface area contributed by atoms with Gasteiger partial charge in [-0.15, -0.1) is 0 Å². The van der Waals surface area contributed by atoms with Gasteiger partial charge in [0.05, 0.1) is 17.2 Å². The first-order valence-electron chi connectivity index (χ1n) is 12.5. The number of methoxy groups -OCH3 is 2. The van der Waals surface area contributed by atoms with Crippen LogP contribution < -0.4 is 5.32 Å². The molecular formula is C27H32N6O4. The van der Waals surface area contributed by atoms with Gasteiger partial charge in [-0.05, 0) is 55.9 Å². The van der Waals surface area contributed by atoms with Gasteiger partial charge in [-0.1, -0.05) is 6.07 Å². The molecule has 0 radical (unpaired) electrons. The molecule has 0 aliphatic carbocycles. The van der Waals surface area contributed by atoms with Crippen LogP contribution in [0.5, 0.6) is 0 Å². The molecule has 37 heavy (non-hydrogen) atoms. The number of rotatable bonds is 10. The highest BCUT2D eigenvalue weighted by atomic mass is 16.5. The van der Waals surface area contributed by atoms with Gasteiger partial charge in [0.25, 0.3) is 11.8 Å². The average molecular weight is 505 g/mol. The summed E-state index contributed by atoms with van der Waals surface area (Å²) in [5.41, 5.74) is 2.33. The lowest BCUT2D eigenvalue weighted by Gasteiger charge is -2.32. The van der Waals surface area contributed by atoms with Crippen LogP contribution in [0.4, 0.5) is 5.95 Å². The number of ether oxygens (including phenoxy) is 2. The summed E-state index contributed by atoms with van der Waals surface area (Å²) in [6.07, 6.45) is 5.21. The van der Waals surface area contributed by atoms with E-state index >= 15 is 0 Å². The third-order valence-corrected chi connectivity index (χ3v) is 6.67. The molecule has 0 spiro atoms. The second-order valence-corrected chi connectivity index (χ2v) is 9.16. The number of aromatic nitrogens is 3. The number of nitrogens with one attached hydrogen (secondary N) is 1. The minimum Gasteiger partial charge on any atom is -0.385 e. The fraction of sp³-hybridized carbons (Fsp3) is 0.444. The number of nitriles is 1. The van der Waals surface area contributed by atoms with Crippen molar-refractivity contribution in [3.05, 3.63) is 53.2 Å². The number of nitrogens with zero attached hydrogens (tertiary/aromatic N) is 5. The number of hydrogen-bond acceptors (Lipinski definition) is 7. The Morgan fingerprint density at radius 3 is 2.65 bits per heavy atom.